The summed E-state index contributed by atoms with van der Waals surface area (Å²) >= 11 is 0. The molecule has 25 heavy (non-hydrogen) atoms. The molecule has 6 heteroatoms. The first kappa shape index (κ1) is 19.4. The molecule has 1 fully saturated rings. The number of benzene rings is 1. The lowest BCUT2D eigenvalue weighted by Crippen LogP contribution is -2.51. The molecule has 1 aromatic carbocycles. The smallest absolute Gasteiger partial charge is 0.251 e. The highest BCUT2D eigenvalue weighted by Gasteiger charge is 2.24. The summed E-state index contributed by atoms with van der Waals surface area (Å²) in [5.74, 6) is -0.344. The van der Waals surface area contributed by atoms with E-state index >= 15 is 0 Å². The van der Waals surface area contributed by atoms with Gasteiger partial charge in [-0.3, -0.25) is 14.5 Å². The van der Waals surface area contributed by atoms with Crippen LogP contribution in [0.4, 0.5) is 0 Å². The summed E-state index contributed by atoms with van der Waals surface area (Å²) in [6, 6.07) is 6.79. The molecule has 0 spiro atoms. The molecule has 1 atom stereocenters. The summed E-state index contributed by atoms with van der Waals surface area (Å²) in [6.07, 6.45) is 0. The number of aryl methyl sites for hydroxylation is 1. The summed E-state index contributed by atoms with van der Waals surface area (Å²) in [5, 5.41) is 5.80. The Hall–Kier alpha value is -1.92. The normalized spacial score (nSPS) is 16.5. The monoisotopic (exact) mass is 347 g/mol. The Balaban J connectivity index is 1.84. The molecule has 0 radical (unpaired) electrons. The molecule has 1 saturated heterocycles. The number of rotatable bonds is 7. The fourth-order valence-electron chi connectivity index (χ4n) is 2.74. The van der Waals surface area contributed by atoms with E-state index in [9.17, 15) is 9.59 Å². The molecule has 0 aliphatic carbocycles. The summed E-state index contributed by atoms with van der Waals surface area (Å²) in [5.41, 5.74) is 1.66. The lowest BCUT2D eigenvalue weighted by molar-refractivity contribution is -0.124. The number of hydrogen-bond acceptors (Lipinski definition) is 4. The fraction of sp³-hybridized carbons (Fsp3) is 0.579. The van der Waals surface area contributed by atoms with Gasteiger partial charge in [0.05, 0.1) is 13.2 Å². The first-order chi connectivity index (χ1) is 12.0. The van der Waals surface area contributed by atoms with Crippen LogP contribution < -0.4 is 10.6 Å². The van der Waals surface area contributed by atoms with Gasteiger partial charge in [0.15, 0.2) is 0 Å². The topological polar surface area (TPSA) is 70.7 Å². The van der Waals surface area contributed by atoms with Gasteiger partial charge in [-0.15, -0.1) is 0 Å². The van der Waals surface area contributed by atoms with Gasteiger partial charge in [0, 0.05) is 31.7 Å². The van der Waals surface area contributed by atoms with Gasteiger partial charge in [-0.25, -0.2) is 0 Å². The molecule has 2 amide bonds. The van der Waals surface area contributed by atoms with Crippen molar-refractivity contribution in [1.82, 2.24) is 15.5 Å². The van der Waals surface area contributed by atoms with E-state index in [0.29, 0.717) is 12.1 Å². The molecule has 1 aromatic rings. The first-order valence-electron chi connectivity index (χ1n) is 8.92. The van der Waals surface area contributed by atoms with Crippen molar-refractivity contribution >= 4 is 11.8 Å². The summed E-state index contributed by atoms with van der Waals surface area (Å²) in [6.45, 7) is 10.5. The zero-order chi connectivity index (χ0) is 18.2. The van der Waals surface area contributed by atoms with Crippen LogP contribution in [-0.4, -0.2) is 62.1 Å². The van der Waals surface area contributed by atoms with Crippen molar-refractivity contribution in [3.05, 3.63) is 35.4 Å². The second-order valence-electron chi connectivity index (χ2n) is 6.81. The molecule has 2 rings (SSSR count). The highest BCUT2D eigenvalue weighted by molar-refractivity contribution is 5.97. The van der Waals surface area contributed by atoms with E-state index in [-0.39, 0.29) is 17.7 Å². The number of nitrogens with zero attached hydrogens (tertiary/aromatic N) is 1. The van der Waals surface area contributed by atoms with Crippen LogP contribution >= 0.6 is 0 Å². The van der Waals surface area contributed by atoms with Crippen LogP contribution in [-0.2, 0) is 9.53 Å². The molecule has 2 N–H and O–H groups in total. The Kier molecular flexibility index (Phi) is 7.40. The van der Waals surface area contributed by atoms with E-state index in [4.69, 9.17) is 4.74 Å². The quantitative estimate of drug-likeness (QED) is 0.777. The van der Waals surface area contributed by atoms with Crippen LogP contribution in [0.25, 0.3) is 0 Å². The van der Waals surface area contributed by atoms with Gasteiger partial charge in [0.25, 0.3) is 5.91 Å². The zero-order valence-corrected chi connectivity index (χ0v) is 15.4. The maximum Gasteiger partial charge on any atom is 0.251 e. The third kappa shape index (κ3) is 6.14. The molecule has 1 heterocycles. The third-order valence-electron chi connectivity index (χ3n) is 4.38. The van der Waals surface area contributed by atoms with Gasteiger partial charge in [0.1, 0.15) is 6.04 Å². The Morgan fingerprint density at radius 3 is 2.40 bits per heavy atom. The van der Waals surface area contributed by atoms with Crippen molar-refractivity contribution in [3.63, 3.8) is 0 Å². The number of amides is 2. The van der Waals surface area contributed by atoms with Gasteiger partial charge < -0.3 is 15.4 Å². The van der Waals surface area contributed by atoms with Gasteiger partial charge in [-0.05, 0) is 25.0 Å². The molecular formula is C19H29N3O3. The number of ether oxygens (including phenoxy) is 1. The lowest BCUT2D eigenvalue weighted by atomic mass is 10.0. The third-order valence-corrected chi connectivity index (χ3v) is 4.38. The largest absolute Gasteiger partial charge is 0.379 e. The molecular weight excluding hydrogens is 318 g/mol. The molecule has 6 nitrogen and oxygen atoms in total. The minimum Gasteiger partial charge on any atom is -0.379 e. The molecule has 1 aliphatic heterocycles. The average Bonchev–Trinajstić information content (AvgIpc) is 2.60. The van der Waals surface area contributed by atoms with E-state index < -0.39 is 6.04 Å². The first-order valence-corrected chi connectivity index (χ1v) is 8.92. The SMILES string of the molecule is Cc1ccc(C(=O)NC(C(=O)NCCN2CCOCC2)C(C)C)cc1. The Morgan fingerprint density at radius 1 is 1.16 bits per heavy atom. The van der Waals surface area contributed by atoms with E-state index in [1.807, 2.05) is 32.9 Å². The molecule has 0 bridgehead atoms. The van der Waals surface area contributed by atoms with Crippen LogP contribution in [0.2, 0.25) is 0 Å². The minimum atomic E-state index is -0.543. The highest BCUT2D eigenvalue weighted by Crippen LogP contribution is 2.07. The summed E-state index contributed by atoms with van der Waals surface area (Å²) in [7, 11) is 0. The predicted molar refractivity (Wildman–Crippen MR) is 97.5 cm³/mol. The van der Waals surface area contributed by atoms with Crippen LogP contribution in [0.15, 0.2) is 24.3 Å². The van der Waals surface area contributed by atoms with E-state index in [1.54, 1.807) is 12.1 Å². The second kappa shape index (κ2) is 9.53. The maximum absolute atomic E-state index is 12.5. The van der Waals surface area contributed by atoms with Crippen molar-refractivity contribution < 1.29 is 14.3 Å². The zero-order valence-electron chi connectivity index (χ0n) is 15.4. The van der Waals surface area contributed by atoms with Crippen molar-refractivity contribution in [2.45, 2.75) is 26.8 Å². The Morgan fingerprint density at radius 2 is 1.80 bits per heavy atom. The standard InChI is InChI=1S/C19H29N3O3/c1-14(2)17(21-18(23)16-6-4-15(3)5-7-16)19(24)20-8-9-22-10-12-25-13-11-22/h4-7,14,17H,8-13H2,1-3H3,(H,20,24)(H,21,23). The van der Waals surface area contributed by atoms with Crippen molar-refractivity contribution in [1.29, 1.82) is 0 Å². The van der Waals surface area contributed by atoms with Gasteiger partial charge >= 0.3 is 0 Å². The number of carbonyl (C=O) groups is 2. The number of morpholine rings is 1. The van der Waals surface area contributed by atoms with E-state index in [1.165, 1.54) is 0 Å². The van der Waals surface area contributed by atoms with Crippen molar-refractivity contribution in [2.24, 2.45) is 5.92 Å². The van der Waals surface area contributed by atoms with Gasteiger partial charge in [-0.1, -0.05) is 31.5 Å². The number of carbonyl (C=O) groups excluding carboxylic acids is 2. The molecule has 0 aromatic heterocycles. The summed E-state index contributed by atoms with van der Waals surface area (Å²) < 4.78 is 5.31. The molecule has 138 valence electrons. The summed E-state index contributed by atoms with van der Waals surface area (Å²) in [4.78, 5) is 27.1. The fourth-order valence-corrected chi connectivity index (χ4v) is 2.74. The molecule has 0 saturated carbocycles. The molecule has 1 aliphatic rings. The van der Waals surface area contributed by atoms with Crippen molar-refractivity contribution in [2.75, 3.05) is 39.4 Å². The van der Waals surface area contributed by atoms with Crippen LogP contribution in [0, 0.1) is 12.8 Å². The minimum absolute atomic E-state index is 0.0118. The second-order valence-corrected chi connectivity index (χ2v) is 6.81. The molecule has 1 unspecified atom stereocenters. The Labute approximate surface area is 149 Å². The highest BCUT2D eigenvalue weighted by atomic mass is 16.5. The van der Waals surface area contributed by atoms with E-state index in [0.717, 1.165) is 38.4 Å². The van der Waals surface area contributed by atoms with Gasteiger partial charge in [0.2, 0.25) is 5.91 Å². The lowest BCUT2D eigenvalue weighted by Gasteiger charge is -2.27. The predicted octanol–water partition coefficient (Wildman–Crippen LogP) is 1.20. The Bertz CT molecular complexity index is 566. The van der Waals surface area contributed by atoms with Crippen molar-refractivity contribution in [3.8, 4) is 0 Å². The maximum atomic E-state index is 12.5. The number of nitrogens with one attached hydrogen (secondary N) is 2. The van der Waals surface area contributed by atoms with Crippen LogP contribution in [0.1, 0.15) is 29.8 Å². The van der Waals surface area contributed by atoms with Crippen LogP contribution in [0.5, 0.6) is 0 Å². The van der Waals surface area contributed by atoms with Gasteiger partial charge in [-0.2, -0.15) is 0 Å². The number of hydrogen-bond donors (Lipinski definition) is 2. The van der Waals surface area contributed by atoms with E-state index in [2.05, 4.69) is 15.5 Å². The average molecular weight is 347 g/mol. The van der Waals surface area contributed by atoms with Crippen LogP contribution in [0.3, 0.4) is 0 Å².